The molecule has 1 aliphatic rings. The van der Waals surface area contributed by atoms with E-state index in [0.717, 1.165) is 5.56 Å². The first-order valence-electron chi connectivity index (χ1n) is 8.29. The van der Waals surface area contributed by atoms with Crippen molar-refractivity contribution in [2.24, 2.45) is 0 Å². The maximum Gasteiger partial charge on any atom is 0.254 e. The van der Waals surface area contributed by atoms with Crippen LogP contribution in [0.4, 0.5) is 14.6 Å². The predicted octanol–water partition coefficient (Wildman–Crippen LogP) is 4.24. The van der Waals surface area contributed by atoms with E-state index in [0.29, 0.717) is 26.3 Å². The zero-order valence-corrected chi connectivity index (χ0v) is 15.3. The fraction of sp³-hybridized carbons (Fsp3) is 0.263. The summed E-state index contributed by atoms with van der Waals surface area (Å²) in [6.45, 7) is 3.27. The van der Waals surface area contributed by atoms with Gasteiger partial charge in [-0.2, -0.15) is 13.8 Å². The van der Waals surface area contributed by atoms with E-state index in [2.05, 4.69) is 4.98 Å². The average Bonchev–Trinajstić information content (AvgIpc) is 2.68. The number of ether oxygens (including phenoxy) is 2. The Balaban J connectivity index is 1.87. The number of carbonyl (C=O) groups is 1. The van der Waals surface area contributed by atoms with Gasteiger partial charge in [-0.3, -0.25) is 4.79 Å². The topological polar surface area (TPSA) is 51.7 Å². The van der Waals surface area contributed by atoms with Crippen LogP contribution in [0.1, 0.15) is 12.5 Å². The van der Waals surface area contributed by atoms with Crippen LogP contribution < -0.4 is 9.64 Å². The Morgan fingerprint density at radius 2 is 1.93 bits per heavy atom. The van der Waals surface area contributed by atoms with Gasteiger partial charge in [-0.1, -0.05) is 29.8 Å². The Bertz CT molecular complexity index is 866. The predicted molar refractivity (Wildman–Crippen MR) is 98.4 cm³/mol. The molecule has 5 nitrogen and oxygen atoms in total. The molecule has 0 amide bonds. The van der Waals surface area contributed by atoms with Gasteiger partial charge in [0, 0.05) is 13.1 Å². The molecule has 8 heteroatoms. The van der Waals surface area contributed by atoms with Crippen molar-refractivity contribution in [1.82, 2.24) is 4.98 Å². The van der Waals surface area contributed by atoms with Gasteiger partial charge in [-0.25, -0.2) is 0 Å². The number of benzene rings is 1. The summed E-state index contributed by atoms with van der Waals surface area (Å²) in [5, 5.41) is -0.101. The highest BCUT2D eigenvalue weighted by molar-refractivity contribution is 6.34. The van der Waals surface area contributed by atoms with Crippen LogP contribution in [0, 0.1) is 11.8 Å². The van der Waals surface area contributed by atoms with Gasteiger partial charge in [0.15, 0.2) is 17.4 Å². The quantitative estimate of drug-likeness (QED) is 0.560. The largest absolute Gasteiger partial charge is 0.452 e. The molecule has 0 saturated carbocycles. The van der Waals surface area contributed by atoms with E-state index >= 15 is 0 Å². The molecule has 1 fully saturated rings. The Morgan fingerprint density at radius 3 is 2.56 bits per heavy atom. The third-order valence-corrected chi connectivity index (χ3v) is 4.24. The lowest BCUT2D eigenvalue weighted by Gasteiger charge is -2.29. The molecular formula is C19H17ClF2N2O3. The van der Waals surface area contributed by atoms with Crippen LogP contribution in [-0.2, 0) is 9.53 Å². The first kappa shape index (κ1) is 19.3. The number of pyridine rings is 1. The summed E-state index contributed by atoms with van der Waals surface area (Å²) in [4.78, 5) is 16.3. The molecule has 2 aromatic rings. The second-order valence-electron chi connectivity index (χ2n) is 5.90. The highest BCUT2D eigenvalue weighted by Crippen LogP contribution is 2.39. The fourth-order valence-corrected chi connectivity index (χ4v) is 2.82. The van der Waals surface area contributed by atoms with Crippen LogP contribution in [0.3, 0.4) is 0 Å². The molecule has 27 heavy (non-hydrogen) atoms. The lowest BCUT2D eigenvalue weighted by molar-refractivity contribution is -0.112. The molecule has 0 spiro atoms. The molecule has 0 atom stereocenters. The van der Waals surface area contributed by atoms with Crippen molar-refractivity contribution in [3.8, 4) is 11.5 Å². The summed E-state index contributed by atoms with van der Waals surface area (Å²) >= 11 is 6.26. The molecule has 0 aliphatic carbocycles. The number of carbonyl (C=O) groups excluding carboxylic acids is 1. The van der Waals surface area contributed by atoms with Gasteiger partial charge in [0.2, 0.25) is 5.82 Å². The minimum atomic E-state index is -1.28. The number of rotatable bonds is 5. The molecule has 2 heterocycles. The van der Waals surface area contributed by atoms with Crippen molar-refractivity contribution in [1.29, 1.82) is 0 Å². The number of hydrogen-bond donors (Lipinski definition) is 0. The fourth-order valence-electron chi connectivity index (χ4n) is 2.54. The smallest absolute Gasteiger partial charge is 0.254 e. The summed E-state index contributed by atoms with van der Waals surface area (Å²) in [6, 6.07) is 6.51. The molecule has 3 rings (SSSR count). The summed E-state index contributed by atoms with van der Waals surface area (Å²) < 4.78 is 39.0. The maximum absolute atomic E-state index is 14.2. The lowest BCUT2D eigenvalue weighted by Crippen LogP contribution is -2.37. The van der Waals surface area contributed by atoms with Crippen LogP contribution in [0.15, 0.2) is 30.3 Å². The SMILES string of the molecule is CC(=O)C=Cc1ccc(Oc2c(F)c(F)nc(N3CCOCC3)c2Cl)cc1. The summed E-state index contributed by atoms with van der Waals surface area (Å²) in [7, 11) is 0. The Kier molecular flexibility index (Phi) is 6.03. The number of morpholine rings is 1. The number of nitrogens with zero attached hydrogens (tertiary/aromatic N) is 2. The molecule has 1 aromatic carbocycles. The number of allylic oxidation sites excluding steroid dienone is 1. The molecule has 1 saturated heterocycles. The van der Waals surface area contributed by atoms with Crippen LogP contribution in [0.2, 0.25) is 5.02 Å². The van der Waals surface area contributed by atoms with E-state index in [1.165, 1.54) is 13.0 Å². The van der Waals surface area contributed by atoms with E-state index in [1.54, 1.807) is 35.2 Å². The monoisotopic (exact) mass is 394 g/mol. The summed E-state index contributed by atoms with van der Waals surface area (Å²) in [5.74, 6) is -2.64. The number of aromatic nitrogens is 1. The van der Waals surface area contributed by atoms with Gasteiger partial charge in [0.1, 0.15) is 10.8 Å². The summed E-state index contributed by atoms with van der Waals surface area (Å²) in [5.41, 5.74) is 0.763. The van der Waals surface area contributed by atoms with Gasteiger partial charge in [0.25, 0.3) is 5.95 Å². The van der Waals surface area contributed by atoms with Gasteiger partial charge >= 0.3 is 0 Å². The van der Waals surface area contributed by atoms with Gasteiger partial charge in [0.05, 0.1) is 13.2 Å². The lowest BCUT2D eigenvalue weighted by atomic mass is 10.2. The van der Waals surface area contributed by atoms with Crippen LogP contribution in [0.5, 0.6) is 11.5 Å². The third kappa shape index (κ3) is 4.61. The molecule has 1 aromatic heterocycles. The van der Waals surface area contributed by atoms with Crippen molar-refractivity contribution in [3.05, 3.63) is 52.7 Å². The van der Waals surface area contributed by atoms with Gasteiger partial charge in [-0.15, -0.1) is 0 Å². The van der Waals surface area contributed by atoms with Gasteiger partial charge < -0.3 is 14.4 Å². The van der Waals surface area contributed by atoms with E-state index in [4.69, 9.17) is 21.1 Å². The van der Waals surface area contributed by atoms with E-state index < -0.39 is 17.5 Å². The van der Waals surface area contributed by atoms with Crippen molar-refractivity contribution < 1.29 is 23.0 Å². The van der Waals surface area contributed by atoms with E-state index in [9.17, 15) is 13.6 Å². The Morgan fingerprint density at radius 1 is 1.26 bits per heavy atom. The van der Waals surface area contributed by atoms with Crippen molar-refractivity contribution in [2.75, 3.05) is 31.2 Å². The second kappa shape index (κ2) is 8.45. The maximum atomic E-state index is 14.2. The minimum absolute atomic E-state index is 0.0768. The molecule has 0 N–H and O–H groups in total. The number of halogens is 3. The molecular weight excluding hydrogens is 378 g/mol. The second-order valence-corrected chi connectivity index (χ2v) is 6.28. The van der Waals surface area contributed by atoms with Crippen molar-refractivity contribution in [2.45, 2.75) is 6.92 Å². The van der Waals surface area contributed by atoms with Crippen molar-refractivity contribution >= 4 is 29.3 Å². The van der Waals surface area contributed by atoms with Crippen LogP contribution in [0.25, 0.3) is 6.08 Å². The number of anilines is 1. The highest BCUT2D eigenvalue weighted by atomic mass is 35.5. The zero-order chi connectivity index (χ0) is 19.4. The molecule has 0 bridgehead atoms. The molecule has 142 valence electrons. The first-order chi connectivity index (χ1) is 13.0. The average molecular weight is 395 g/mol. The van der Waals surface area contributed by atoms with Gasteiger partial charge in [-0.05, 0) is 30.7 Å². The minimum Gasteiger partial charge on any atom is -0.452 e. The third-order valence-electron chi connectivity index (χ3n) is 3.90. The molecule has 1 aliphatic heterocycles. The highest BCUT2D eigenvalue weighted by Gasteiger charge is 2.25. The molecule has 0 radical (unpaired) electrons. The number of ketones is 1. The Labute approximate surface area is 160 Å². The standard InChI is InChI=1S/C19H17ClF2N2O3/c1-12(25)2-3-13-4-6-14(7-5-13)27-17-15(20)19(23-18(22)16(17)21)24-8-10-26-11-9-24/h2-7H,8-11H2,1H3. The van der Waals surface area contributed by atoms with Crippen LogP contribution in [-0.4, -0.2) is 37.1 Å². The number of hydrogen-bond acceptors (Lipinski definition) is 5. The Hall–Kier alpha value is -2.51. The zero-order valence-electron chi connectivity index (χ0n) is 14.5. The summed E-state index contributed by atoms with van der Waals surface area (Å²) in [6.07, 6.45) is 3.07. The van der Waals surface area contributed by atoms with E-state index in [-0.39, 0.29) is 22.4 Å². The van der Waals surface area contributed by atoms with E-state index in [1.807, 2.05) is 0 Å². The molecule has 0 unspecified atom stereocenters. The van der Waals surface area contributed by atoms with Crippen LogP contribution >= 0.6 is 11.6 Å². The first-order valence-corrected chi connectivity index (χ1v) is 8.67. The van der Waals surface area contributed by atoms with Crippen molar-refractivity contribution in [3.63, 3.8) is 0 Å². The normalized spacial score (nSPS) is 14.6.